The molecule has 3 aliphatic rings. The van der Waals surface area contributed by atoms with E-state index in [4.69, 9.17) is 5.21 Å². The fraction of sp³-hybridized carbons (Fsp3) is 0.900. The van der Waals surface area contributed by atoms with Crippen molar-refractivity contribution in [1.29, 1.82) is 0 Å². The molecule has 2 aliphatic carbocycles. The second-order valence-electron chi connectivity index (χ2n) is 8.79. The van der Waals surface area contributed by atoms with Crippen LogP contribution in [0, 0.1) is 23.0 Å². The monoisotopic (exact) mass is 367 g/mol. The Morgan fingerprint density at radius 2 is 1.42 bits per heavy atom. The van der Waals surface area contributed by atoms with E-state index in [0.717, 1.165) is 51.6 Å². The van der Waals surface area contributed by atoms with Gasteiger partial charge >= 0.3 is 0 Å². The fourth-order valence-corrected chi connectivity index (χ4v) is 5.26. The van der Waals surface area contributed by atoms with Crippen LogP contribution < -0.4 is 10.1 Å². The molecule has 0 bridgehead atoms. The van der Waals surface area contributed by atoms with Gasteiger partial charge in [-0.05, 0) is 25.7 Å². The molecule has 0 spiro atoms. The Bertz CT molecular complexity index is 474. The van der Waals surface area contributed by atoms with Crippen LogP contribution in [0.4, 0.5) is 0 Å². The van der Waals surface area contributed by atoms with Gasteiger partial charge in [0.25, 0.3) is 0 Å². The SMILES string of the molecule is O=C(C[NH+]1CCC(C(=O)C2CCCCC2)CC1)C1CCC([NH+]([O-])O)CC1. The van der Waals surface area contributed by atoms with Crippen molar-refractivity contribution in [3.8, 4) is 0 Å². The molecule has 0 aromatic carbocycles. The molecule has 6 nitrogen and oxygen atoms in total. The van der Waals surface area contributed by atoms with Crippen LogP contribution >= 0.6 is 0 Å². The van der Waals surface area contributed by atoms with Crippen molar-refractivity contribution in [2.24, 2.45) is 17.8 Å². The highest BCUT2D eigenvalue weighted by Gasteiger charge is 2.35. The molecule has 3 rings (SSSR count). The minimum Gasteiger partial charge on any atom is -0.600 e. The molecular weight excluding hydrogens is 332 g/mol. The Balaban J connectivity index is 1.38. The summed E-state index contributed by atoms with van der Waals surface area (Å²) >= 11 is 0. The van der Waals surface area contributed by atoms with Crippen LogP contribution in [-0.2, 0) is 9.59 Å². The largest absolute Gasteiger partial charge is 0.600 e. The molecular formula is C20H35N2O4+. The smallest absolute Gasteiger partial charge is 0.189 e. The van der Waals surface area contributed by atoms with E-state index < -0.39 is 5.23 Å². The Labute approximate surface area is 156 Å². The second kappa shape index (κ2) is 9.40. The lowest BCUT2D eigenvalue weighted by atomic mass is 9.78. The highest BCUT2D eigenvalue weighted by molar-refractivity contribution is 5.83. The van der Waals surface area contributed by atoms with E-state index in [9.17, 15) is 14.8 Å². The van der Waals surface area contributed by atoms with Gasteiger partial charge in [-0.3, -0.25) is 9.59 Å². The minimum atomic E-state index is -0.716. The number of nitrogens with one attached hydrogen (secondary N) is 2. The lowest BCUT2D eigenvalue weighted by Gasteiger charge is -2.33. The molecule has 1 heterocycles. The predicted octanol–water partition coefficient (Wildman–Crippen LogP) is 0.331. The molecule has 1 unspecified atom stereocenters. The Morgan fingerprint density at radius 3 is 2.00 bits per heavy atom. The third kappa shape index (κ3) is 5.12. The highest BCUT2D eigenvalue weighted by Crippen LogP contribution is 2.29. The van der Waals surface area contributed by atoms with Gasteiger partial charge in [-0.15, -0.1) is 0 Å². The zero-order valence-electron chi connectivity index (χ0n) is 15.9. The topological polar surface area (TPSA) is 86.3 Å². The molecule has 1 aliphatic heterocycles. The summed E-state index contributed by atoms with van der Waals surface area (Å²) in [7, 11) is 0. The summed E-state index contributed by atoms with van der Waals surface area (Å²) in [5, 5.41) is 19.4. The maximum atomic E-state index is 12.7. The molecule has 2 saturated carbocycles. The van der Waals surface area contributed by atoms with Gasteiger partial charge in [-0.2, -0.15) is 0 Å². The van der Waals surface area contributed by atoms with Crippen LogP contribution in [0.25, 0.3) is 0 Å². The van der Waals surface area contributed by atoms with E-state index in [-0.39, 0.29) is 17.9 Å². The summed E-state index contributed by atoms with van der Waals surface area (Å²) < 4.78 is 0. The van der Waals surface area contributed by atoms with Crippen molar-refractivity contribution >= 4 is 11.6 Å². The number of hydrogen-bond donors (Lipinski definition) is 3. The summed E-state index contributed by atoms with van der Waals surface area (Å²) in [6.07, 6.45) is 10.5. The van der Waals surface area contributed by atoms with Gasteiger partial charge < -0.3 is 10.1 Å². The van der Waals surface area contributed by atoms with Crippen LogP contribution in [0.15, 0.2) is 0 Å². The summed E-state index contributed by atoms with van der Waals surface area (Å²) in [4.78, 5) is 26.6. The number of rotatable bonds is 6. The van der Waals surface area contributed by atoms with Gasteiger partial charge in [0.05, 0.1) is 13.1 Å². The third-order valence-corrected chi connectivity index (χ3v) is 7.06. The number of quaternary nitrogens is 2. The van der Waals surface area contributed by atoms with Crippen molar-refractivity contribution in [2.75, 3.05) is 19.6 Å². The lowest BCUT2D eigenvalue weighted by molar-refractivity contribution is -1.07. The van der Waals surface area contributed by atoms with Crippen molar-refractivity contribution in [2.45, 2.75) is 76.7 Å². The van der Waals surface area contributed by atoms with Crippen molar-refractivity contribution < 1.29 is 24.9 Å². The Hall–Kier alpha value is -0.820. The number of Topliss-reactive ketones (excluding diaryl/α,β-unsaturated/α-hetero) is 2. The Kier molecular flexibility index (Phi) is 7.20. The van der Waals surface area contributed by atoms with E-state index in [2.05, 4.69) is 0 Å². The lowest BCUT2D eigenvalue weighted by Crippen LogP contribution is -3.14. The third-order valence-electron chi connectivity index (χ3n) is 7.06. The first kappa shape index (κ1) is 19.9. The van der Waals surface area contributed by atoms with Gasteiger partial charge in [-0.25, -0.2) is 10.4 Å². The van der Waals surface area contributed by atoms with Gasteiger partial charge in [0.15, 0.2) is 5.78 Å². The number of likely N-dealkylation sites (tertiary alicyclic amines) is 1. The molecule has 26 heavy (non-hydrogen) atoms. The van der Waals surface area contributed by atoms with E-state index in [1.54, 1.807) is 0 Å². The molecule has 3 N–H and O–H groups in total. The van der Waals surface area contributed by atoms with E-state index >= 15 is 0 Å². The Morgan fingerprint density at radius 1 is 0.846 bits per heavy atom. The first-order chi connectivity index (χ1) is 12.5. The van der Waals surface area contributed by atoms with Crippen LogP contribution in [0.2, 0.25) is 0 Å². The van der Waals surface area contributed by atoms with Crippen molar-refractivity contribution in [1.82, 2.24) is 0 Å². The number of ketones is 2. The first-order valence-electron chi connectivity index (χ1n) is 10.7. The van der Waals surface area contributed by atoms with Gasteiger partial charge in [0, 0.05) is 43.4 Å². The molecule has 1 saturated heterocycles. The van der Waals surface area contributed by atoms with Crippen molar-refractivity contribution in [3.05, 3.63) is 5.21 Å². The summed E-state index contributed by atoms with van der Waals surface area (Å²) in [5.41, 5.74) is 0. The highest BCUT2D eigenvalue weighted by atomic mass is 16.8. The summed E-state index contributed by atoms with van der Waals surface area (Å²) in [6.45, 7) is 2.42. The van der Waals surface area contributed by atoms with Gasteiger partial charge in [-0.1, -0.05) is 19.3 Å². The standard InChI is InChI=1S/C20H34N2O4/c23-19(15-6-8-18(9-7-15)22(25)26)14-21-12-10-17(11-13-21)20(24)16-4-2-1-3-5-16/h15-18,22,25H,1-14H2/p+1. The average Bonchev–Trinajstić information content (AvgIpc) is 2.68. The van der Waals surface area contributed by atoms with Gasteiger partial charge in [0.1, 0.15) is 18.4 Å². The molecule has 0 radical (unpaired) electrons. The molecule has 148 valence electrons. The molecule has 0 aromatic heterocycles. The maximum Gasteiger partial charge on any atom is 0.189 e. The average molecular weight is 368 g/mol. The minimum absolute atomic E-state index is 0.0553. The molecule has 3 fully saturated rings. The molecule has 0 aromatic rings. The molecule has 1 atom stereocenters. The van der Waals surface area contributed by atoms with E-state index in [0.29, 0.717) is 36.9 Å². The number of carbonyl (C=O) groups is 2. The fourth-order valence-electron chi connectivity index (χ4n) is 5.26. The zero-order chi connectivity index (χ0) is 18.5. The van der Waals surface area contributed by atoms with Crippen LogP contribution in [0.3, 0.4) is 0 Å². The number of carbonyl (C=O) groups excluding carboxylic acids is 2. The van der Waals surface area contributed by atoms with Gasteiger partial charge in [0.2, 0.25) is 0 Å². The maximum absolute atomic E-state index is 12.7. The normalized spacial score (nSPS) is 35.0. The predicted molar refractivity (Wildman–Crippen MR) is 96.7 cm³/mol. The van der Waals surface area contributed by atoms with Crippen LogP contribution in [-0.4, -0.2) is 42.4 Å². The van der Waals surface area contributed by atoms with E-state index in [1.165, 1.54) is 24.2 Å². The van der Waals surface area contributed by atoms with Crippen LogP contribution in [0.1, 0.15) is 70.6 Å². The summed E-state index contributed by atoms with van der Waals surface area (Å²) in [6, 6.07) is -0.257. The van der Waals surface area contributed by atoms with Crippen molar-refractivity contribution in [3.63, 3.8) is 0 Å². The molecule has 0 amide bonds. The number of piperidine rings is 1. The quantitative estimate of drug-likeness (QED) is 0.591. The molecule has 6 heteroatoms. The van der Waals surface area contributed by atoms with E-state index in [1.807, 2.05) is 0 Å². The summed E-state index contributed by atoms with van der Waals surface area (Å²) in [5.74, 6) is 1.40. The second-order valence-corrected chi connectivity index (χ2v) is 8.79. The van der Waals surface area contributed by atoms with Crippen LogP contribution in [0.5, 0.6) is 0 Å². The number of hydrogen-bond acceptors (Lipinski definition) is 4. The number of hydroxylamine groups is 2. The zero-order valence-corrected chi connectivity index (χ0v) is 15.9. The first-order valence-corrected chi connectivity index (χ1v) is 10.7.